The molecule has 1 N–H and O–H groups in total. The number of nitrogens with one attached hydrogen (secondary N) is 1. The summed E-state index contributed by atoms with van der Waals surface area (Å²) in [6.07, 6.45) is 0.576. The number of carbonyl (C=O) groups is 1. The predicted molar refractivity (Wildman–Crippen MR) is 134 cm³/mol. The van der Waals surface area contributed by atoms with Crippen molar-refractivity contribution in [1.82, 2.24) is 14.9 Å². The lowest BCUT2D eigenvalue weighted by Gasteiger charge is -2.12. The molecule has 0 saturated carbocycles. The van der Waals surface area contributed by atoms with Crippen LogP contribution in [0.25, 0.3) is 11.0 Å². The van der Waals surface area contributed by atoms with Crippen LogP contribution in [0.2, 0.25) is 0 Å². The second-order valence-electron chi connectivity index (χ2n) is 7.77. The average Bonchev–Trinajstić information content (AvgIpc) is 3.25. The number of para-hydroxylation sites is 2. The maximum absolute atomic E-state index is 12.7. The highest BCUT2D eigenvalue weighted by Crippen LogP contribution is 2.27. The van der Waals surface area contributed by atoms with Gasteiger partial charge in [-0.3, -0.25) is 4.79 Å². The smallest absolute Gasteiger partial charge is 0.251 e. The molecule has 0 spiro atoms. The first kappa shape index (κ1) is 23.9. The van der Waals surface area contributed by atoms with Crippen molar-refractivity contribution in [2.45, 2.75) is 13.0 Å². The summed E-state index contributed by atoms with van der Waals surface area (Å²) in [6.45, 7) is 1.53. The van der Waals surface area contributed by atoms with E-state index in [4.69, 9.17) is 23.9 Å². The van der Waals surface area contributed by atoms with Gasteiger partial charge in [0.15, 0.2) is 11.5 Å². The number of hydrogen-bond donors (Lipinski definition) is 1. The molecule has 1 amide bonds. The molecule has 0 saturated heterocycles. The van der Waals surface area contributed by atoms with Crippen LogP contribution in [0.4, 0.5) is 0 Å². The van der Waals surface area contributed by atoms with Gasteiger partial charge in [-0.2, -0.15) is 0 Å². The highest BCUT2D eigenvalue weighted by Gasteiger charge is 2.13. The van der Waals surface area contributed by atoms with E-state index >= 15 is 0 Å². The summed E-state index contributed by atoms with van der Waals surface area (Å²) in [5.74, 6) is 3.29. The molecule has 0 unspecified atom stereocenters. The largest absolute Gasteiger partial charge is 0.497 e. The normalized spacial score (nSPS) is 10.7. The first-order valence-corrected chi connectivity index (χ1v) is 11.3. The maximum Gasteiger partial charge on any atom is 0.251 e. The van der Waals surface area contributed by atoms with Crippen molar-refractivity contribution >= 4 is 16.9 Å². The minimum absolute atomic E-state index is 0.185. The van der Waals surface area contributed by atoms with Gasteiger partial charge in [0.05, 0.1) is 38.9 Å². The van der Waals surface area contributed by atoms with Gasteiger partial charge in [-0.15, -0.1) is 0 Å². The molecular weight excluding hydrogens is 446 g/mol. The molecule has 4 rings (SSSR count). The lowest BCUT2D eigenvalue weighted by atomic mass is 10.2. The minimum atomic E-state index is -0.185. The predicted octanol–water partition coefficient (Wildman–Crippen LogP) is 4.11. The molecule has 0 fully saturated rings. The van der Waals surface area contributed by atoms with Gasteiger partial charge in [-0.05, 0) is 42.5 Å². The van der Waals surface area contributed by atoms with E-state index < -0.39 is 0 Å². The first-order valence-electron chi connectivity index (χ1n) is 11.3. The van der Waals surface area contributed by atoms with Gasteiger partial charge in [-0.25, -0.2) is 4.98 Å². The third kappa shape index (κ3) is 5.66. The lowest BCUT2D eigenvalue weighted by molar-refractivity contribution is 0.0953. The molecule has 0 aliphatic carbocycles. The van der Waals surface area contributed by atoms with E-state index in [2.05, 4.69) is 9.88 Å². The minimum Gasteiger partial charge on any atom is -0.497 e. The standard InChI is InChI=1S/C27H29N3O5/c1-32-20-7-6-8-21(18-20)35-16-15-30-23-10-5-4-9-22(23)29-26(30)13-14-28-27(31)19-11-12-24(33-2)25(17-19)34-3/h4-12,17-18H,13-16H2,1-3H3,(H,28,31). The van der Waals surface area contributed by atoms with Crippen LogP contribution < -0.4 is 24.3 Å². The van der Waals surface area contributed by atoms with E-state index in [1.54, 1.807) is 39.5 Å². The third-order valence-corrected chi connectivity index (χ3v) is 5.64. The Kier molecular flexibility index (Phi) is 7.72. The van der Waals surface area contributed by atoms with Crippen molar-refractivity contribution in [3.63, 3.8) is 0 Å². The summed E-state index contributed by atoms with van der Waals surface area (Å²) < 4.78 is 23.9. The van der Waals surface area contributed by atoms with E-state index in [9.17, 15) is 4.79 Å². The maximum atomic E-state index is 12.7. The number of amides is 1. The fraction of sp³-hybridized carbons (Fsp3) is 0.259. The summed E-state index contributed by atoms with van der Waals surface area (Å²) in [5, 5.41) is 2.97. The molecule has 0 atom stereocenters. The van der Waals surface area contributed by atoms with Gasteiger partial charge < -0.3 is 28.8 Å². The molecule has 0 aliphatic heterocycles. The average molecular weight is 476 g/mol. The molecule has 0 radical (unpaired) electrons. The molecule has 35 heavy (non-hydrogen) atoms. The molecule has 0 aliphatic rings. The third-order valence-electron chi connectivity index (χ3n) is 5.64. The summed E-state index contributed by atoms with van der Waals surface area (Å²) in [5.41, 5.74) is 2.45. The lowest BCUT2D eigenvalue weighted by Crippen LogP contribution is -2.26. The molecule has 8 heteroatoms. The van der Waals surface area contributed by atoms with E-state index in [0.717, 1.165) is 28.4 Å². The summed E-state index contributed by atoms with van der Waals surface area (Å²) in [6, 6.07) is 20.6. The number of hydrogen-bond acceptors (Lipinski definition) is 6. The Labute approximate surface area is 204 Å². The number of ether oxygens (including phenoxy) is 4. The highest BCUT2D eigenvalue weighted by molar-refractivity contribution is 5.94. The molecule has 3 aromatic carbocycles. The van der Waals surface area contributed by atoms with Gasteiger partial charge in [0.2, 0.25) is 0 Å². The van der Waals surface area contributed by atoms with Crippen LogP contribution in [0.5, 0.6) is 23.0 Å². The molecular formula is C27H29N3O5. The first-order chi connectivity index (χ1) is 17.1. The van der Waals surface area contributed by atoms with Crippen molar-refractivity contribution in [1.29, 1.82) is 0 Å². The Morgan fingerprint density at radius 2 is 1.69 bits per heavy atom. The summed E-state index contributed by atoms with van der Waals surface area (Å²) in [4.78, 5) is 17.5. The van der Waals surface area contributed by atoms with E-state index in [1.165, 1.54) is 0 Å². The van der Waals surface area contributed by atoms with Crippen LogP contribution in [0, 0.1) is 0 Å². The monoisotopic (exact) mass is 475 g/mol. The fourth-order valence-electron chi connectivity index (χ4n) is 3.88. The Bertz CT molecular complexity index is 1300. The van der Waals surface area contributed by atoms with Gasteiger partial charge in [-0.1, -0.05) is 18.2 Å². The zero-order valence-electron chi connectivity index (χ0n) is 20.1. The molecule has 182 valence electrons. The van der Waals surface area contributed by atoms with Gasteiger partial charge in [0.25, 0.3) is 5.91 Å². The van der Waals surface area contributed by atoms with Gasteiger partial charge >= 0.3 is 0 Å². The van der Waals surface area contributed by atoms with Crippen LogP contribution in [0.3, 0.4) is 0 Å². The Morgan fingerprint density at radius 1 is 0.886 bits per heavy atom. The van der Waals surface area contributed by atoms with E-state index in [0.29, 0.717) is 43.2 Å². The van der Waals surface area contributed by atoms with Crippen molar-refractivity contribution in [3.8, 4) is 23.0 Å². The topological polar surface area (TPSA) is 83.8 Å². The molecule has 8 nitrogen and oxygen atoms in total. The van der Waals surface area contributed by atoms with Crippen molar-refractivity contribution < 1.29 is 23.7 Å². The Hall–Kier alpha value is -4.20. The van der Waals surface area contributed by atoms with Gasteiger partial charge in [0, 0.05) is 24.6 Å². The number of rotatable bonds is 11. The second kappa shape index (κ2) is 11.3. The van der Waals surface area contributed by atoms with Crippen LogP contribution >= 0.6 is 0 Å². The van der Waals surface area contributed by atoms with Gasteiger partial charge in [0.1, 0.15) is 23.9 Å². The van der Waals surface area contributed by atoms with Crippen molar-refractivity contribution in [3.05, 3.63) is 78.1 Å². The number of fused-ring (bicyclic) bond motifs is 1. The highest BCUT2D eigenvalue weighted by atomic mass is 16.5. The van der Waals surface area contributed by atoms with E-state index in [-0.39, 0.29) is 5.91 Å². The molecule has 1 heterocycles. The van der Waals surface area contributed by atoms with Crippen LogP contribution in [0.15, 0.2) is 66.7 Å². The van der Waals surface area contributed by atoms with Crippen LogP contribution in [-0.4, -0.2) is 49.9 Å². The Morgan fingerprint density at radius 3 is 2.49 bits per heavy atom. The zero-order valence-corrected chi connectivity index (χ0v) is 20.1. The number of nitrogens with zero attached hydrogens (tertiary/aromatic N) is 2. The van der Waals surface area contributed by atoms with Crippen LogP contribution in [0.1, 0.15) is 16.2 Å². The number of carbonyl (C=O) groups excluding carboxylic acids is 1. The second-order valence-corrected chi connectivity index (χ2v) is 7.77. The Balaban J connectivity index is 1.41. The summed E-state index contributed by atoms with van der Waals surface area (Å²) in [7, 11) is 4.74. The summed E-state index contributed by atoms with van der Waals surface area (Å²) >= 11 is 0. The molecule has 0 bridgehead atoms. The quantitative estimate of drug-likeness (QED) is 0.351. The van der Waals surface area contributed by atoms with Crippen molar-refractivity contribution in [2.24, 2.45) is 0 Å². The molecule has 4 aromatic rings. The number of methoxy groups -OCH3 is 3. The zero-order chi connectivity index (χ0) is 24.6. The van der Waals surface area contributed by atoms with Crippen molar-refractivity contribution in [2.75, 3.05) is 34.5 Å². The SMILES string of the molecule is COc1cccc(OCCn2c(CCNC(=O)c3ccc(OC)c(OC)c3)nc3ccccc32)c1. The van der Waals surface area contributed by atoms with Crippen LogP contribution in [-0.2, 0) is 13.0 Å². The number of imidazole rings is 1. The van der Waals surface area contributed by atoms with E-state index in [1.807, 2.05) is 48.5 Å². The fourth-order valence-corrected chi connectivity index (χ4v) is 3.88. The molecule has 1 aromatic heterocycles. The number of benzene rings is 3. The number of aromatic nitrogens is 2.